The second-order valence-electron chi connectivity index (χ2n) is 6.91. The van der Waals surface area contributed by atoms with Gasteiger partial charge in [0.1, 0.15) is 5.54 Å². The Balaban J connectivity index is 1.71. The Morgan fingerprint density at radius 3 is 2.52 bits per heavy atom. The number of nitrogens with one attached hydrogen (secondary N) is 1. The van der Waals surface area contributed by atoms with E-state index in [9.17, 15) is 9.59 Å². The van der Waals surface area contributed by atoms with Gasteiger partial charge >= 0.3 is 0 Å². The lowest BCUT2D eigenvalue weighted by atomic mass is 9.84. The number of likely N-dealkylation sites (tertiary alicyclic amines) is 1. The molecule has 2 fully saturated rings. The van der Waals surface area contributed by atoms with Crippen molar-refractivity contribution in [2.75, 3.05) is 40.3 Å². The van der Waals surface area contributed by atoms with E-state index in [0.717, 1.165) is 25.1 Å². The van der Waals surface area contributed by atoms with Crippen LogP contribution in [0.3, 0.4) is 0 Å². The summed E-state index contributed by atoms with van der Waals surface area (Å²) in [4.78, 5) is 29.5. The van der Waals surface area contributed by atoms with Crippen LogP contribution in [0.4, 0.5) is 0 Å². The minimum absolute atomic E-state index is 0.0276. The second kappa shape index (κ2) is 7.54. The molecule has 136 valence electrons. The Bertz CT molecular complexity index is 612. The first kappa shape index (κ1) is 17.9. The molecule has 1 aromatic rings. The lowest BCUT2D eigenvalue weighted by molar-refractivity contribution is -0.148. The number of methoxy groups -OCH3 is 1. The maximum absolute atomic E-state index is 12.9. The SMILES string of the molecule is CO[C@H](C(=O)N1CCC2(CC1)C(=O)NCCCN2C)c1ccccc1. The van der Waals surface area contributed by atoms with E-state index in [0.29, 0.717) is 25.9 Å². The van der Waals surface area contributed by atoms with Crippen LogP contribution in [0.1, 0.15) is 30.9 Å². The number of ether oxygens (including phenoxy) is 1. The summed E-state index contributed by atoms with van der Waals surface area (Å²) >= 11 is 0. The maximum atomic E-state index is 12.9. The number of piperidine rings is 1. The van der Waals surface area contributed by atoms with Crippen LogP contribution in [-0.4, -0.2) is 67.5 Å². The van der Waals surface area contributed by atoms with Gasteiger partial charge in [0, 0.05) is 33.3 Å². The minimum Gasteiger partial charge on any atom is -0.367 e. The molecule has 0 aromatic heterocycles. The summed E-state index contributed by atoms with van der Waals surface area (Å²) in [5.74, 6) is 0.0752. The first-order chi connectivity index (χ1) is 12.1. The fraction of sp³-hybridized carbons (Fsp3) is 0.579. The van der Waals surface area contributed by atoms with E-state index >= 15 is 0 Å². The first-order valence-corrected chi connectivity index (χ1v) is 8.94. The molecule has 25 heavy (non-hydrogen) atoms. The molecule has 2 amide bonds. The lowest BCUT2D eigenvalue weighted by Gasteiger charge is -2.45. The van der Waals surface area contributed by atoms with Crippen molar-refractivity contribution >= 4 is 11.8 Å². The summed E-state index contributed by atoms with van der Waals surface area (Å²) < 4.78 is 5.47. The fourth-order valence-electron chi connectivity index (χ4n) is 3.95. The van der Waals surface area contributed by atoms with Crippen LogP contribution < -0.4 is 5.32 Å². The Kier molecular flexibility index (Phi) is 5.39. The predicted octanol–water partition coefficient (Wildman–Crippen LogP) is 1.19. The van der Waals surface area contributed by atoms with Gasteiger partial charge in [-0.15, -0.1) is 0 Å². The number of likely N-dealkylation sites (N-methyl/N-ethyl adjacent to an activating group) is 1. The summed E-state index contributed by atoms with van der Waals surface area (Å²) in [6.07, 6.45) is 1.70. The van der Waals surface area contributed by atoms with Crippen molar-refractivity contribution in [1.29, 1.82) is 0 Å². The van der Waals surface area contributed by atoms with Gasteiger partial charge in [-0.05, 0) is 31.9 Å². The van der Waals surface area contributed by atoms with Crippen LogP contribution in [0.2, 0.25) is 0 Å². The highest BCUT2D eigenvalue weighted by Crippen LogP contribution is 2.31. The topological polar surface area (TPSA) is 61.9 Å². The number of nitrogens with zero attached hydrogens (tertiary/aromatic N) is 2. The molecule has 3 rings (SSSR count). The van der Waals surface area contributed by atoms with Crippen LogP contribution in [0, 0.1) is 0 Å². The molecule has 1 aromatic carbocycles. The molecule has 0 aliphatic carbocycles. The number of hydrogen-bond acceptors (Lipinski definition) is 4. The zero-order valence-corrected chi connectivity index (χ0v) is 15.0. The minimum atomic E-state index is -0.587. The average molecular weight is 345 g/mol. The predicted molar refractivity (Wildman–Crippen MR) is 95.0 cm³/mol. The van der Waals surface area contributed by atoms with Gasteiger partial charge < -0.3 is 15.0 Å². The number of benzene rings is 1. The van der Waals surface area contributed by atoms with E-state index < -0.39 is 11.6 Å². The fourth-order valence-corrected chi connectivity index (χ4v) is 3.95. The van der Waals surface area contributed by atoms with Gasteiger partial charge in [-0.2, -0.15) is 0 Å². The molecule has 2 aliphatic rings. The van der Waals surface area contributed by atoms with E-state index in [1.54, 1.807) is 7.11 Å². The van der Waals surface area contributed by atoms with Crippen molar-refractivity contribution in [2.45, 2.75) is 30.9 Å². The Hall–Kier alpha value is -1.92. The Morgan fingerprint density at radius 2 is 1.88 bits per heavy atom. The molecule has 6 heteroatoms. The van der Waals surface area contributed by atoms with E-state index in [4.69, 9.17) is 4.74 Å². The molecule has 1 N–H and O–H groups in total. The van der Waals surface area contributed by atoms with Gasteiger partial charge in [-0.1, -0.05) is 30.3 Å². The third-order valence-corrected chi connectivity index (χ3v) is 5.57. The van der Waals surface area contributed by atoms with Gasteiger partial charge in [0.2, 0.25) is 5.91 Å². The van der Waals surface area contributed by atoms with Crippen molar-refractivity contribution < 1.29 is 14.3 Å². The van der Waals surface area contributed by atoms with Gasteiger partial charge in [0.05, 0.1) is 0 Å². The highest BCUT2D eigenvalue weighted by molar-refractivity contribution is 5.87. The molecular weight excluding hydrogens is 318 g/mol. The molecule has 0 bridgehead atoms. The second-order valence-corrected chi connectivity index (χ2v) is 6.91. The quantitative estimate of drug-likeness (QED) is 0.894. The lowest BCUT2D eigenvalue weighted by Crippen LogP contribution is -2.61. The van der Waals surface area contributed by atoms with Gasteiger partial charge in [-0.3, -0.25) is 14.5 Å². The first-order valence-electron chi connectivity index (χ1n) is 8.94. The molecule has 2 heterocycles. The molecule has 0 saturated carbocycles. The van der Waals surface area contributed by atoms with Crippen LogP contribution in [0.25, 0.3) is 0 Å². The summed E-state index contributed by atoms with van der Waals surface area (Å²) in [5.41, 5.74) is 0.377. The standard InChI is InChI=1S/C19H27N3O3/c1-21-12-6-11-20-18(24)19(21)9-13-22(14-10-19)17(23)16(25-2)15-7-4-3-5-8-15/h3-5,7-8,16H,6,9-14H2,1-2H3,(H,20,24)/t16-/m0/s1. The number of carbonyl (C=O) groups excluding carboxylic acids is 2. The Labute approximate surface area is 149 Å². The smallest absolute Gasteiger partial charge is 0.256 e. The zero-order chi connectivity index (χ0) is 17.9. The van der Waals surface area contributed by atoms with Gasteiger partial charge in [0.25, 0.3) is 5.91 Å². The van der Waals surface area contributed by atoms with Crippen LogP contribution >= 0.6 is 0 Å². The number of amides is 2. The summed E-state index contributed by atoms with van der Waals surface area (Å²) in [7, 11) is 3.58. The molecular formula is C19H27N3O3. The van der Waals surface area contributed by atoms with E-state index in [1.807, 2.05) is 42.3 Å². The molecule has 2 saturated heterocycles. The van der Waals surface area contributed by atoms with E-state index in [2.05, 4.69) is 10.2 Å². The van der Waals surface area contributed by atoms with Crippen molar-refractivity contribution in [3.05, 3.63) is 35.9 Å². The number of hydrogen-bond donors (Lipinski definition) is 1. The largest absolute Gasteiger partial charge is 0.367 e. The molecule has 6 nitrogen and oxygen atoms in total. The zero-order valence-electron chi connectivity index (χ0n) is 15.0. The summed E-state index contributed by atoms with van der Waals surface area (Å²) in [6, 6.07) is 9.55. The van der Waals surface area contributed by atoms with Gasteiger partial charge in [0.15, 0.2) is 6.10 Å². The third-order valence-electron chi connectivity index (χ3n) is 5.57. The molecule has 0 unspecified atom stereocenters. The number of carbonyl (C=O) groups is 2. The van der Waals surface area contributed by atoms with Crippen LogP contribution in [0.15, 0.2) is 30.3 Å². The molecule has 0 radical (unpaired) electrons. The maximum Gasteiger partial charge on any atom is 0.256 e. The van der Waals surface area contributed by atoms with Gasteiger partial charge in [-0.25, -0.2) is 0 Å². The highest BCUT2D eigenvalue weighted by Gasteiger charge is 2.46. The molecule has 2 aliphatic heterocycles. The highest BCUT2D eigenvalue weighted by atomic mass is 16.5. The number of rotatable bonds is 3. The summed E-state index contributed by atoms with van der Waals surface area (Å²) in [6.45, 7) is 2.78. The third kappa shape index (κ3) is 3.41. The Morgan fingerprint density at radius 1 is 1.20 bits per heavy atom. The van der Waals surface area contributed by atoms with Crippen LogP contribution in [-0.2, 0) is 14.3 Å². The molecule has 1 atom stereocenters. The summed E-state index contributed by atoms with van der Waals surface area (Å²) in [5, 5.41) is 3.03. The average Bonchev–Trinajstić information content (AvgIpc) is 2.78. The van der Waals surface area contributed by atoms with E-state index in [1.165, 1.54) is 0 Å². The van der Waals surface area contributed by atoms with E-state index in [-0.39, 0.29) is 11.8 Å². The molecule has 1 spiro atoms. The van der Waals surface area contributed by atoms with Crippen molar-refractivity contribution in [3.8, 4) is 0 Å². The van der Waals surface area contributed by atoms with Crippen molar-refractivity contribution in [3.63, 3.8) is 0 Å². The normalized spacial score (nSPS) is 22.3. The monoisotopic (exact) mass is 345 g/mol. The van der Waals surface area contributed by atoms with Crippen molar-refractivity contribution in [1.82, 2.24) is 15.1 Å². The van der Waals surface area contributed by atoms with Crippen molar-refractivity contribution in [2.24, 2.45) is 0 Å². The van der Waals surface area contributed by atoms with Crippen LogP contribution in [0.5, 0.6) is 0 Å².